The predicted octanol–water partition coefficient (Wildman–Crippen LogP) is 2.84. The number of hydrogen-bond donors (Lipinski definition) is 1. The first kappa shape index (κ1) is 16.5. The number of rotatable bonds is 6. The third kappa shape index (κ3) is 5.07. The van der Waals surface area contributed by atoms with Crippen LogP contribution in [0, 0.1) is 13.8 Å². The second-order valence-electron chi connectivity index (χ2n) is 5.55. The maximum absolute atomic E-state index is 4.25. The monoisotopic (exact) mass is 333 g/mol. The summed E-state index contributed by atoms with van der Waals surface area (Å²) in [6, 6.07) is 12.0. The van der Waals surface area contributed by atoms with Gasteiger partial charge in [-0.1, -0.05) is 35.5 Å². The van der Waals surface area contributed by atoms with Crippen LogP contribution < -0.4 is 5.43 Å². The molecular formula is C18H19N7. The van der Waals surface area contributed by atoms with E-state index in [2.05, 4.69) is 42.9 Å². The fourth-order valence-corrected chi connectivity index (χ4v) is 2.29. The van der Waals surface area contributed by atoms with Crippen molar-refractivity contribution in [2.75, 3.05) is 5.43 Å². The van der Waals surface area contributed by atoms with E-state index in [-0.39, 0.29) is 0 Å². The smallest absolute Gasteiger partial charge is 0.243 e. The maximum Gasteiger partial charge on any atom is 0.243 e. The van der Waals surface area contributed by atoms with E-state index in [0.29, 0.717) is 12.5 Å². The summed E-state index contributed by atoms with van der Waals surface area (Å²) in [6.07, 6.45) is 7.13. The zero-order chi connectivity index (χ0) is 17.5. The molecule has 0 amide bonds. The Balaban J connectivity index is 1.54. The standard InChI is InChI=1S/C18H19N7/c1-14-11-15(2)21-18(20-14)23-19-10-6-9-17-13-25(24-22-17)12-16-7-4-3-5-8-16/h3-11,13H,12H2,1-2H3,(H,20,21,23)/b9-6+,19-10-. The van der Waals surface area contributed by atoms with Crippen LogP contribution >= 0.6 is 0 Å². The molecule has 0 aliphatic rings. The van der Waals surface area contributed by atoms with E-state index in [1.54, 1.807) is 17.0 Å². The summed E-state index contributed by atoms with van der Waals surface area (Å²) < 4.78 is 1.80. The molecule has 0 atom stereocenters. The summed E-state index contributed by atoms with van der Waals surface area (Å²) in [5.74, 6) is 0.482. The number of hydrogen-bond acceptors (Lipinski definition) is 6. The Morgan fingerprint density at radius 3 is 2.64 bits per heavy atom. The molecule has 1 aromatic carbocycles. The summed E-state index contributed by atoms with van der Waals surface area (Å²) >= 11 is 0. The summed E-state index contributed by atoms with van der Waals surface area (Å²) in [5, 5.41) is 12.3. The van der Waals surface area contributed by atoms with Crippen molar-refractivity contribution in [3.8, 4) is 0 Å². The van der Waals surface area contributed by atoms with Crippen LogP contribution in [0.1, 0.15) is 22.6 Å². The van der Waals surface area contributed by atoms with Crippen molar-refractivity contribution < 1.29 is 0 Å². The highest BCUT2D eigenvalue weighted by Gasteiger charge is 1.98. The molecule has 3 rings (SSSR count). The molecule has 0 saturated carbocycles. The van der Waals surface area contributed by atoms with E-state index in [0.717, 1.165) is 17.1 Å². The molecule has 0 spiro atoms. The van der Waals surface area contributed by atoms with Gasteiger partial charge in [0.2, 0.25) is 5.95 Å². The van der Waals surface area contributed by atoms with E-state index >= 15 is 0 Å². The van der Waals surface area contributed by atoms with Crippen LogP contribution in [0.15, 0.2) is 53.8 Å². The van der Waals surface area contributed by atoms with Crippen LogP contribution in [-0.4, -0.2) is 31.2 Å². The zero-order valence-electron chi connectivity index (χ0n) is 14.2. The average Bonchev–Trinajstić information content (AvgIpc) is 3.02. The summed E-state index contributed by atoms with van der Waals surface area (Å²) in [6.45, 7) is 4.53. The Kier molecular flexibility index (Phi) is 5.26. The van der Waals surface area contributed by atoms with E-state index in [4.69, 9.17) is 0 Å². The number of hydrazone groups is 1. The molecule has 7 nitrogen and oxygen atoms in total. The van der Waals surface area contributed by atoms with Crippen molar-refractivity contribution in [3.63, 3.8) is 0 Å². The van der Waals surface area contributed by atoms with E-state index < -0.39 is 0 Å². The highest BCUT2D eigenvalue weighted by molar-refractivity contribution is 5.77. The molecule has 0 aliphatic heterocycles. The first-order valence-corrected chi connectivity index (χ1v) is 7.91. The molecule has 0 aliphatic carbocycles. The Labute approximate surface area is 146 Å². The van der Waals surface area contributed by atoms with Gasteiger partial charge in [0.15, 0.2) is 0 Å². The molecule has 25 heavy (non-hydrogen) atoms. The molecule has 2 heterocycles. The molecule has 3 aromatic rings. The highest BCUT2D eigenvalue weighted by Crippen LogP contribution is 2.04. The summed E-state index contributed by atoms with van der Waals surface area (Å²) in [7, 11) is 0. The van der Waals surface area contributed by atoms with Crippen molar-refractivity contribution in [2.24, 2.45) is 5.10 Å². The second kappa shape index (κ2) is 7.96. The molecule has 2 aromatic heterocycles. The summed E-state index contributed by atoms with van der Waals surface area (Å²) in [4.78, 5) is 8.49. The number of allylic oxidation sites excluding steroid dienone is 1. The largest absolute Gasteiger partial charge is 0.248 e. The van der Waals surface area contributed by atoms with E-state index in [1.165, 1.54) is 5.56 Å². The van der Waals surface area contributed by atoms with Crippen LogP contribution in [0.3, 0.4) is 0 Å². The van der Waals surface area contributed by atoms with Crippen molar-refractivity contribution in [1.82, 2.24) is 25.0 Å². The number of nitrogens with one attached hydrogen (secondary N) is 1. The average molecular weight is 333 g/mol. The second-order valence-corrected chi connectivity index (χ2v) is 5.55. The third-order valence-corrected chi connectivity index (χ3v) is 3.32. The molecular weight excluding hydrogens is 314 g/mol. The lowest BCUT2D eigenvalue weighted by atomic mass is 10.2. The quantitative estimate of drug-likeness (QED) is 0.554. The van der Waals surface area contributed by atoms with Gasteiger partial charge in [0, 0.05) is 17.6 Å². The molecule has 7 heteroatoms. The lowest BCUT2D eigenvalue weighted by molar-refractivity contribution is 0.649. The Hall–Kier alpha value is -3.35. The SMILES string of the molecule is Cc1cc(C)nc(N/N=C\C=C\c2cn(Cc3ccccc3)nn2)n1. The van der Waals surface area contributed by atoms with Gasteiger partial charge in [-0.05, 0) is 37.6 Å². The highest BCUT2D eigenvalue weighted by atomic mass is 15.4. The van der Waals surface area contributed by atoms with Gasteiger partial charge < -0.3 is 0 Å². The van der Waals surface area contributed by atoms with Gasteiger partial charge in [0.05, 0.1) is 12.7 Å². The van der Waals surface area contributed by atoms with Gasteiger partial charge in [-0.25, -0.2) is 20.1 Å². The zero-order valence-corrected chi connectivity index (χ0v) is 14.2. The molecule has 0 bridgehead atoms. The molecule has 0 fully saturated rings. The topological polar surface area (TPSA) is 80.9 Å². The minimum absolute atomic E-state index is 0.482. The van der Waals surface area contributed by atoms with Crippen molar-refractivity contribution in [3.05, 3.63) is 71.3 Å². The Morgan fingerprint density at radius 1 is 1.12 bits per heavy atom. The van der Waals surface area contributed by atoms with Crippen molar-refractivity contribution in [1.29, 1.82) is 0 Å². The normalized spacial score (nSPS) is 11.4. The third-order valence-electron chi connectivity index (χ3n) is 3.32. The lowest BCUT2D eigenvalue weighted by Gasteiger charge is -2.00. The molecule has 0 unspecified atom stereocenters. The van der Waals surface area contributed by atoms with Crippen LogP contribution in [0.2, 0.25) is 0 Å². The van der Waals surface area contributed by atoms with Gasteiger partial charge in [-0.3, -0.25) is 0 Å². The van der Waals surface area contributed by atoms with Gasteiger partial charge in [0.1, 0.15) is 5.69 Å². The predicted molar refractivity (Wildman–Crippen MR) is 98.2 cm³/mol. The van der Waals surface area contributed by atoms with Crippen LogP contribution in [0.5, 0.6) is 0 Å². The minimum Gasteiger partial charge on any atom is -0.248 e. The van der Waals surface area contributed by atoms with Crippen LogP contribution in [0.25, 0.3) is 6.08 Å². The van der Waals surface area contributed by atoms with Crippen molar-refractivity contribution in [2.45, 2.75) is 20.4 Å². The number of aromatic nitrogens is 5. The number of anilines is 1. The molecule has 0 radical (unpaired) electrons. The van der Waals surface area contributed by atoms with Gasteiger partial charge in [-0.2, -0.15) is 5.10 Å². The lowest BCUT2D eigenvalue weighted by Crippen LogP contribution is -1.99. The Bertz CT molecular complexity index is 861. The number of benzene rings is 1. The minimum atomic E-state index is 0.482. The first-order valence-electron chi connectivity index (χ1n) is 7.91. The molecule has 126 valence electrons. The van der Waals surface area contributed by atoms with Gasteiger partial charge in [-0.15, -0.1) is 5.10 Å². The maximum atomic E-state index is 4.25. The van der Waals surface area contributed by atoms with E-state index in [1.807, 2.05) is 50.4 Å². The van der Waals surface area contributed by atoms with Crippen LogP contribution in [-0.2, 0) is 6.54 Å². The first-order chi connectivity index (χ1) is 12.2. The van der Waals surface area contributed by atoms with Gasteiger partial charge >= 0.3 is 0 Å². The fourth-order valence-electron chi connectivity index (χ4n) is 2.29. The molecule has 1 N–H and O–H groups in total. The van der Waals surface area contributed by atoms with E-state index in [9.17, 15) is 0 Å². The molecule has 0 saturated heterocycles. The van der Waals surface area contributed by atoms with Gasteiger partial charge in [0.25, 0.3) is 0 Å². The van der Waals surface area contributed by atoms with Crippen LogP contribution in [0.4, 0.5) is 5.95 Å². The number of aryl methyl sites for hydroxylation is 2. The summed E-state index contributed by atoms with van der Waals surface area (Å²) in [5.41, 5.74) is 6.55. The number of nitrogens with zero attached hydrogens (tertiary/aromatic N) is 6. The van der Waals surface area contributed by atoms with Crippen molar-refractivity contribution >= 4 is 18.2 Å². The fraction of sp³-hybridized carbons (Fsp3) is 0.167. The Morgan fingerprint density at radius 2 is 1.88 bits per heavy atom.